The van der Waals surface area contributed by atoms with Crippen molar-refractivity contribution in [2.75, 3.05) is 18.4 Å². The molecule has 0 bridgehead atoms. The van der Waals surface area contributed by atoms with Gasteiger partial charge in [-0.1, -0.05) is 0 Å². The number of likely N-dealkylation sites (tertiary alicyclic amines) is 1. The normalized spacial score (nSPS) is 22.0. The molecule has 2 amide bonds. The minimum Gasteiger partial charge on any atom is -0.478 e. The fourth-order valence-electron chi connectivity index (χ4n) is 2.73. The quantitative estimate of drug-likeness (QED) is 0.788. The van der Waals surface area contributed by atoms with Gasteiger partial charge in [-0.3, -0.25) is 4.90 Å². The first-order valence-electron chi connectivity index (χ1n) is 7.27. The molecule has 0 spiro atoms. The fraction of sp³-hybridized carbons (Fsp3) is 0.467. The van der Waals surface area contributed by atoms with E-state index in [1.807, 2.05) is 0 Å². The van der Waals surface area contributed by atoms with Gasteiger partial charge < -0.3 is 15.7 Å². The maximum atomic E-state index is 11.9. The number of hydrogen-bond donors (Lipinski definition) is 3. The van der Waals surface area contributed by atoms with Crippen LogP contribution in [0.4, 0.5) is 10.5 Å². The van der Waals surface area contributed by atoms with Crippen LogP contribution in [0.2, 0.25) is 0 Å². The highest BCUT2D eigenvalue weighted by Crippen LogP contribution is 2.29. The molecular formula is C15H19N3O3. The highest BCUT2D eigenvalue weighted by molar-refractivity contribution is 5.91. The third-order valence-electron chi connectivity index (χ3n) is 4.01. The van der Waals surface area contributed by atoms with E-state index in [-0.39, 0.29) is 17.6 Å². The van der Waals surface area contributed by atoms with E-state index in [0.29, 0.717) is 5.69 Å². The summed E-state index contributed by atoms with van der Waals surface area (Å²) in [7, 11) is 0. The van der Waals surface area contributed by atoms with Crippen molar-refractivity contribution in [2.45, 2.75) is 31.3 Å². The number of anilines is 1. The molecule has 6 heteroatoms. The van der Waals surface area contributed by atoms with Crippen LogP contribution >= 0.6 is 0 Å². The predicted molar refractivity (Wildman–Crippen MR) is 78.6 cm³/mol. The van der Waals surface area contributed by atoms with Gasteiger partial charge in [-0.25, -0.2) is 9.59 Å². The topological polar surface area (TPSA) is 81.7 Å². The molecule has 0 radical (unpaired) electrons. The molecule has 1 atom stereocenters. The average molecular weight is 289 g/mol. The van der Waals surface area contributed by atoms with Crippen molar-refractivity contribution in [3.05, 3.63) is 29.8 Å². The molecule has 1 heterocycles. The van der Waals surface area contributed by atoms with Crippen molar-refractivity contribution in [1.29, 1.82) is 0 Å². The number of carbonyl (C=O) groups excluding carboxylic acids is 1. The Bertz CT molecular complexity index is 540. The van der Waals surface area contributed by atoms with E-state index in [9.17, 15) is 9.59 Å². The summed E-state index contributed by atoms with van der Waals surface area (Å²) in [5, 5.41) is 14.5. The summed E-state index contributed by atoms with van der Waals surface area (Å²) < 4.78 is 0. The van der Waals surface area contributed by atoms with Crippen LogP contribution < -0.4 is 10.6 Å². The van der Waals surface area contributed by atoms with Gasteiger partial charge in [0, 0.05) is 30.9 Å². The number of nitrogens with one attached hydrogen (secondary N) is 2. The van der Waals surface area contributed by atoms with Gasteiger partial charge in [0.1, 0.15) is 0 Å². The molecule has 3 N–H and O–H groups in total. The van der Waals surface area contributed by atoms with Gasteiger partial charge in [0.05, 0.1) is 5.56 Å². The summed E-state index contributed by atoms with van der Waals surface area (Å²) in [4.78, 5) is 25.1. The van der Waals surface area contributed by atoms with Crippen molar-refractivity contribution in [3.63, 3.8) is 0 Å². The lowest BCUT2D eigenvalue weighted by molar-refractivity contribution is 0.0697. The van der Waals surface area contributed by atoms with Crippen LogP contribution in [0.3, 0.4) is 0 Å². The van der Waals surface area contributed by atoms with Crippen molar-refractivity contribution in [3.8, 4) is 0 Å². The second-order valence-corrected chi connectivity index (χ2v) is 5.69. The number of carbonyl (C=O) groups is 2. The molecule has 2 aliphatic rings. The minimum absolute atomic E-state index is 0.198. The summed E-state index contributed by atoms with van der Waals surface area (Å²) in [5.74, 6) is -0.975. The van der Waals surface area contributed by atoms with Crippen LogP contribution in [0.15, 0.2) is 24.3 Å². The molecule has 1 unspecified atom stereocenters. The summed E-state index contributed by atoms with van der Waals surface area (Å²) in [6, 6.07) is 6.83. The Morgan fingerprint density at radius 1 is 1.14 bits per heavy atom. The van der Waals surface area contributed by atoms with Gasteiger partial charge in [0.2, 0.25) is 0 Å². The first-order valence-corrected chi connectivity index (χ1v) is 7.27. The molecule has 3 rings (SSSR count). The van der Waals surface area contributed by atoms with Crippen molar-refractivity contribution in [1.82, 2.24) is 10.2 Å². The zero-order valence-electron chi connectivity index (χ0n) is 11.7. The number of carboxylic acid groups (broad SMARTS) is 1. The third kappa shape index (κ3) is 3.52. The van der Waals surface area contributed by atoms with Crippen LogP contribution in [0, 0.1) is 0 Å². The number of nitrogens with zero attached hydrogens (tertiary/aromatic N) is 1. The van der Waals surface area contributed by atoms with Gasteiger partial charge in [0.15, 0.2) is 0 Å². The SMILES string of the molecule is O=C(Nc1ccc(C(=O)O)cc1)NC1CCN(C2CC2)C1. The number of hydrogen-bond acceptors (Lipinski definition) is 3. The zero-order valence-corrected chi connectivity index (χ0v) is 11.7. The Labute approximate surface area is 123 Å². The van der Waals surface area contributed by atoms with E-state index in [1.165, 1.54) is 25.0 Å². The first kappa shape index (κ1) is 13.9. The van der Waals surface area contributed by atoms with E-state index < -0.39 is 5.97 Å². The van der Waals surface area contributed by atoms with E-state index in [1.54, 1.807) is 12.1 Å². The highest BCUT2D eigenvalue weighted by atomic mass is 16.4. The number of rotatable bonds is 4. The second-order valence-electron chi connectivity index (χ2n) is 5.69. The molecule has 1 saturated heterocycles. The van der Waals surface area contributed by atoms with Crippen LogP contribution in [0.1, 0.15) is 29.6 Å². The monoisotopic (exact) mass is 289 g/mol. The van der Waals surface area contributed by atoms with E-state index >= 15 is 0 Å². The maximum absolute atomic E-state index is 11.9. The Morgan fingerprint density at radius 3 is 2.48 bits per heavy atom. The Balaban J connectivity index is 1.48. The summed E-state index contributed by atoms with van der Waals surface area (Å²) in [6.45, 7) is 1.99. The fourth-order valence-corrected chi connectivity index (χ4v) is 2.73. The van der Waals surface area contributed by atoms with Gasteiger partial charge in [-0.2, -0.15) is 0 Å². The largest absolute Gasteiger partial charge is 0.478 e. The molecule has 1 aromatic rings. The lowest BCUT2D eigenvalue weighted by atomic mass is 10.2. The molecule has 112 valence electrons. The van der Waals surface area contributed by atoms with E-state index in [0.717, 1.165) is 25.6 Å². The molecule has 0 aromatic heterocycles. The molecule has 21 heavy (non-hydrogen) atoms. The third-order valence-corrected chi connectivity index (χ3v) is 4.01. The molecule has 1 aliphatic heterocycles. The Hall–Kier alpha value is -2.08. The predicted octanol–water partition coefficient (Wildman–Crippen LogP) is 1.74. The van der Waals surface area contributed by atoms with Crippen molar-refractivity contribution >= 4 is 17.7 Å². The number of amides is 2. The van der Waals surface area contributed by atoms with Crippen LogP contribution in [0.5, 0.6) is 0 Å². The van der Waals surface area contributed by atoms with Crippen molar-refractivity contribution in [2.24, 2.45) is 0 Å². The van der Waals surface area contributed by atoms with Gasteiger partial charge in [-0.15, -0.1) is 0 Å². The minimum atomic E-state index is -0.975. The Kier molecular flexibility index (Phi) is 3.79. The lowest BCUT2D eigenvalue weighted by Crippen LogP contribution is -2.40. The molecular weight excluding hydrogens is 270 g/mol. The second kappa shape index (κ2) is 5.73. The van der Waals surface area contributed by atoms with Crippen molar-refractivity contribution < 1.29 is 14.7 Å². The number of aromatic carboxylic acids is 1. The number of benzene rings is 1. The van der Waals surface area contributed by atoms with E-state index in [4.69, 9.17) is 5.11 Å². The van der Waals surface area contributed by atoms with Crippen LogP contribution in [-0.4, -0.2) is 47.2 Å². The summed E-state index contributed by atoms with van der Waals surface area (Å²) >= 11 is 0. The van der Waals surface area contributed by atoms with Gasteiger partial charge >= 0.3 is 12.0 Å². The first-order chi connectivity index (χ1) is 10.1. The number of carboxylic acids is 1. The zero-order chi connectivity index (χ0) is 14.8. The maximum Gasteiger partial charge on any atom is 0.335 e. The van der Waals surface area contributed by atoms with Gasteiger partial charge in [0.25, 0.3) is 0 Å². The van der Waals surface area contributed by atoms with Crippen LogP contribution in [-0.2, 0) is 0 Å². The summed E-state index contributed by atoms with van der Waals surface area (Å²) in [5.41, 5.74) is 0.798. The average Bonchev–Trinajstić information content (AvgIpc) is 3.20. The van der Waals surface area contributed by atoms with E-state index in [2.05, 4.69) is 15.5 Å². The molecule has 1 aromatic carbocycles. The Morgan fingerprint density at radius 2 is 1.86 bits per heavy atom. The molecule has 6 nitrogen and oxygen atoms in total. The smallest absolute Gasteiger partial charge is 0.335 e. The standard InChI is InChI=1S/C15H19N3O3/c19-14(20)10-1-3-11(4-2-10)16-15(21)17-12-7-8-18(9-12)13-5-6-13/h1-4,12-13H,5-9H2,(H,19,20)(H2,16,17,21). The van der Waals surface area contributed by atoms with Crippen LogP contribution in [0.25, 0.3) is 0 Å². The molecule has 1 aliphatic carbocycles. The van der Waals surface area contributed by atoms with Gasteiger partial charge in [-0.05, 0) is 43.5 Å². The highest BCUT2D eigenvalue weighted by Gasteiger charge is 2.34. The summed E-state index contributed by atoms with van der Waals surface area (Å²) in [6.07, 6.45) is 3.56. The molecule has 2 fully saturated rings. The molecule has 1 saturated carbocycles. The lowest BCUT2D eigenvalue weighted by Gasteiger charge is -2.16. The number of urea groups is 1.